The van der Waals surface area contributed by atoms with Crippen molar-refractivity contribution in [3.63, 3.8) is 0 Å². The van der Waals surface area contributed by atoms with Crippen LogP contribution in [-0.4, -0.2) is 38.5 Å². The minimum absolute atomic E-state index is 0.0351. The molecule has 2 atom stereocenters. The van der Waals surface area contributed by atoms with Gasteiger partial charge in [-0.3, -0.25) is 4.79 Å². The number of Topliss-reactive ketones (excluding diaryl/α,β-unsaturated/α-hetero) is 1. The summed E-state index contributed by atoms with van der Waals surface area (Å²) in [6.45, 7) is 3.00. The molecule has 0 N–H and O–H groups in total. The molecule has 1 aliphatic rings. The van der Waals surface area contributed by atoms with Crippen molar-refractivity contribution in [1.29, 1.82) is 0 Å². The molecule has 1 aliphatic heterocycles. The first kappa shape index (κ1) is 13.6. The summed E-state index contributed by atoms with van der Waals surface area (Å²) < 4.78 is 16.1. The molecule has 1 rings (SSSR count). The van der Waals surface area contributed by atoms with Gasteiger partial charge in [-0.2, -0.15) is 0 Å². The molecule has 1 heterocycles. The predicted octanol–water partition coefficient (Wildman–Crippen LogP) is 1.91. The quantitative estimate of drug-likeness (QED) is 0.627. The van der Waals surface area contributed by atoms with Crippen molar-refractivity contribution < 1.29 is 19.0 Å². The summed E-state index contributed by atoms with van der Waals surface area (Å²) >= 11 is 0. The first-order valence-corrected chi connectivity index (χ1v) is 6.00. The van der Waals surface area contributed by atoms with Crippen molar-refractivity contribution in [3.8, 4) is 0 Å². The van der Waals surface area contributed by atoms with Gasteiger partial charge in [-0.25, -0.2) is 0 Å². The Labute approximate surface area is 97.2 Å². The second-order valence-electron chi connectivity index (χ2n) is 4.14. The predicted molar refractivity (Wildman–Crippen MR) is 60.3 cm³/mol. The second kappa shape index (κ2) is 7.76. The number of hydrogen-bond donors (Lipinski definition) is 0. The highest BCUT2D eigenvalue weighted by Crippen LogP contribution is 2.14. The zero-order valence-electron chi connectivity index (χ0n) is 10.2. The van der Waals surface area contributed by atoms with E-state index in [0.717, 1.165) is 32.3 Å². The number of ether oxygens (including phenoxy) is 3. The Morgan fingerprint density at radius 3 is 2.88 bits per heavy atom. The van der Waals surface area contributed by atoms with Crippen molar-refractivity contribution in [2.45, 2.75) is 51.4 Å². The van der Waals surface area contributed by atoms with E-state index in [1.807, 2.05) is 0 Å². The standard InChI is InChI=1S/C12H22O4/c1-10(13)11(14-2)6-5-9-16-12-7-3-4-8-15-12/h11-12H,3-9H2,1-2H3. The monoisotopic (exact) mass is 230 g/mol. The molecule has 0 radical (unpaired) electrons. The number of rotatable bonds is 7. The van der Waals surface area contributed by atoms with E-state index < -0.39 is 0 Å². The van der Waals surface area contributed by atoms with Gasteiger partial charge in [0.15, 0.2) is 12.1 Å². The fourth-order valence-corrected chi connectivity index (χ4v) is 1.81. The van der Waals surface area contributed by atoms with Gasteiger partial charge in [-0.05, 0) is 39.0 Å². The Morgan fingerprint density at radius 1 is 1.50 bits per heavy atom. The average Bonchev–Trinajstić information content (AvgIpc) is 2.30. The second-order valence-corrected chi connectivity index (χ2v) is 4.14. The molecule has 4 nitrogen and oxygen atoms in total. The summed E-state index contributed by atoms with van der Waals surface area (Å²) in [6.07, 6.45) is 4.54. The van der Waals surface area contributed by atoms with Crippen LogP contribution in [-0.2, 0) is 19.0 Å². The number of carbonyl (C=O) groups is 1. The van der Waals surface area contributed by atoms with Crippen LogP contribution >= 0.6 is 0 Å². The summed E-state index contributed by atoms with van der Waals surface area (Å²) in [5.74, 6) is 0.0800. The molecular formula is C12H22O4. The molecule has 0 spiro atoms. The molecule has 94 valence electrons. The third-order valence-corrected chi connectivity index (χ3v) is 2.79. The van der Waals surface area contributed by atoms with Crippen LogP contribution in [0.3, 0.4) is 0 Å². The highest BCUT2D eigenvalue weighted by molar-refractivity contribution is 5.80. The summed E-state index contributed by atoms with van der Waals surface area (Å²) in [4.78, 5) is 11.1. The van der Waals surface area contributed by atoms with Crippen LogP contribution in [0.1, 0.15) is 39.0 Å². The van der Waals surface area contributed by atoms with Crippen LogP contribution in [0.5, 0.6) is 0 Å². The zero-order chi connectivity index (χ0) is 11.8. The molecule has 0 aromatic carbocycles. The van der Waals surface area contributed by atoms with E-state index in [1.54, 1.807) is 14.0 Å². The van der Waals surface area contributed by atoms with Crippen LogP contribution in [0.25, 0.3) is 0 Å². The fourth-order valence-electron chi connectivity index (χ4n) is 1.81. The Balaban J connectivity index is 2.03. The first-order chi connectivity index (χ1) is 7.74. The molecule has 0 aromatic rings. The highest BCUT2D eigenvalue weighted by Gasteiger charge is 2.15. The van der Waals surface area contributed by atoms with Crippen LogP contribution in [0, 0.1) is 0 Å². The van der Waals surface area contributed by atoms with Gasteiger partial charge in [0.05, 0.1) is 0 Å². The molecular weight excluding hydrogens is 208 g/mol. The van der Waals surface area contributed by atoms with Gasteiger partial charge >= 0.3 is 0 Å². The lowest BCUT2D eigenvalue weighted by Crippen LogP contribution is -2.24. The fraction of sp³-hybridized carbons (Fsp3) is 0.917. The SMILES string of the molecule is COC(CCCOC1CCCCO1)C(C)=O. The molecule has 16 heavy (non-hydrogen) atoms. The number of ketones is 1. The summed E-state index contributed by atoms with van der Waals surface area (Å²) in [5, 5.41) is 0. The summed E-state index contributed by atoms with van der Waals surface area (Å²) in [7, 11) is 1.57. The molecule has 0 aliphatic carbocycles. The van der Waals surface area contributed by atoms with E-state index in [0.29, 0.717) is 6.61 Å². The van der Waals surface area contributed by atoms with Crippen molar-refractivity contribution >= 4 is 5.78 Å². The van der Waals surface area contributed by atoms with Gasteiger partial charge in [-0.15, -0.1) is 0 Å². The molecule has 1 fully saturated rings. The van der Waals surface area contributed by atoms with E-state index >= 15 is 0 Å². The third kappa shape index (κ3) is 5.05. The first-order valence-electron chi connectivity index (χ1n) is 6.00. The molecule has 0 saturated carbocycles. The van der Waals surface area contributed by atoms with Gasteiger partial charge in [0.25, 0.3) is 0 Å². The van der Waals surface area contributed by atoms with Gasteiger partial charge in [0.2, 0.25) is 0 Å². The Hall–Kier alpha value is -0.450. The maximum absolute atomic E-state index is 11.1. The summed E-state index contributed by atoms with van der Waals surface area (Å²) in [5.41, 5.74) is 0. The smallest absolute Gasteiger partial charge is 0.158 e. The van der Waals surface area contributed by atoms with Crippen molar-refractivity contribution in [2.24, 2.45) is 0 Å². The maximum Gasteiger partial charge on any atom is 0.158 e. The average molecular weight is 230 g/mol. The molecule has 2 unspecified atom stereocenters. The molecule has 1 saturated heterocycles. The largest absolute Gasteiger partial charge is 0.374 e. The Kier molecular flexibility index (Phi) is 6.61. The third-order valence-electron chi connectivity index (χ3n) is 2.79. The van der Waals surface area contributed by atoms with E-state index in [4.69, 9.17) is 14.2 Å². The molecule has 0 bridgehead atoms. The van der Waals surface area contributed by atoms with E-state index in [9.17, 15) is 4.79 Å². The normalized spacial score (nSPS) is 23.0. The Bertz CT molecular complexity index is 199. The maximum atomic E-state index is 11.1. The van der Waals surface area contributed by atoms with Gasteiger partial charge in [0.1, 0.15) is 6.10 Å². The van der Waals surface area contributed by atoms with Crippen LogP contribution in [0.15, 0.2) is 0 Å². The number of methoxy groups -OCH3 is 1. The number of carbonyl (C=O) groups excluding carboxylic acids is 1. The molecule has 4 heteroatoms. The minimum atomic E-state index is -0.282. The lowest BCUT2D eigenvalue weighted by atomic mass is 10.1. The lowest BCUT2D eigenvalue weighted by Gasteiger charge is -2.22. The molecule has 0 aromatic heterocycles. The van der Waals surface area contributed by atoms with E-state index in [2.05, 4.69) is 0 Å². The van der Waals surface area contributed by atoms with Crippen molar-refractivity contribution in [3.05, 3.63) is 0 Å². The Morgan fingerprint density at radius 2 is 2.31 bits per heavy atom. The van der Waals surface area contributed by atoms with Crippen LogP contribution in [0.2, 0.25) is 0 Å². The van der Waals surface area contributed by atoms with Gasteiger partial charge in [-0.1, -0.05) is 0 Å². The lowest BCUT2D eigenvalue weighted by molar-refractivity contribution is -0.163. The zero-order valence-corrected chi connectivity index (χ0v) is 10.2. The van der Waals surface area contributed by atoms with Crippen molar-refractivity contribution in [1.82, 2.24) is 0 Å². The van der Waals surface area contributed by atoms with E-state index in [-0.39, 0.29) is 18.2 Å². The highest BCUT2D eigenvalue weighted by atomic mass is 16.7. The minimum Gasteiger partial charge on any atom is -0.374 e. The number of hydrogen-bond acceptors (Lipinski definition) is 4. The van der Waals surface area contributed by atoms with Crippen LogP contribution in [0.4, 0.5) is 0 Å². The van der Waals surface area contributed by atoms with Crippen molar-refractivity contribution in [2.75, 3.05) is 20.3 Å². The van der Waals surface area contributed by atoms with Gasteiger partial charge in [0, 0.05) is 20.3 Å². The van der Waals surface area contributed by atoms with Gasteiger partial charge < -0.3 is 14.2 Å². The van der Waals surface area contributed by atoms with Crippen LogP contribution < -0.4 is 0 Å². The summed E-state index contributed by atoms with van der Waals surface area (Å²) in [6, 6.07) is 0. The molecule has 0 amide bonds. The topological polar surface area (TPSA) is 44.8 Å². The van der Waals surface area contributed by atoms with E-state index in [1.165, 1.54) is 6.42 Å².